The number of imidazole rings is 2. The normalized spacial score (nSPS) is 16.2. The largest absolute Gasteiger partial charge is 0.400 e. The molecule has 3 atom stereocenters. The zero-order valence-corrected chi connectivity index (χ0v) is 47.8. The minimum Gasteiger partial charge on any atom is -0.400 e. The summed E-state index contributed by atoms with van der Waals surface area (Å²) >= 11 is 4.67. The number of aliphatic hydroxyl groups excluding tert-OH is 3. The molecule has 0 bridgehead atoms. The van der Waals surface area contributed by atoms with Crippen LogP contribution in [-0.2, 0) is 16.1 Å². The molecule has 3 aliphatic rings. The van der Waals surface area contributed by atoms with Gasteiger partial charge in [-0.3, -0.25) is 4.79 Å². The molecule has 17 heteroatoms. The van der Waals surface area contributed by atoms with E-state index in [4.69, 9.17) is 20.7 Å². The summed E-state index contributed by atoms with van der Waals surface area (Å²) in [7, 11) is 3.50. The summed E-state index contributed by atoms with van der Waals surface area (Å²) in [4.78, 5) is 38.8. The molecular formula is C55H101FN10O5S. The predicted octanol–water partition coefficient (Wildman–Crippen LogP) is 10.2. The first-order valence-electron chi connectivity index (χ1n) is 25.5. The van der Waals surface area contributed by atoms with E-state index in [1.165, 1.54) is 26.3 Å². The number of hydrogen-bond donors (Lipinski definition) is 11. The molecule has 2 aromatic heterocycles. The monoisotopic (exact) mass is 1030 g/mol. The highest BCUT2D eigenvalue weighted by atomic mass is 32.1. The highest BCUT2D eigenvalue weighted by Gasteiger charge is 2.32. The van der Waals surface area contributed by atoms with Gasteiger partial charge in [-0.05, 0) is 105 Å². The van der Waals surface area contributed by atoms with Crippen LogP contribution in [-0.4, -0.2) is 112 Å². The molecule has 2 fully saturated rings. The Kier molecular flexibility index (Phi) is 48.6. The number of amides is 1. The summed E-state index contributed by atoms with van der Waals surface area (Å²) in [6, 6.07) is 6.30. The zero-order chi connectivity index (χ0) is 56.2. The number of benzene rings is 1. The Morgan fingerprint density at radius 3 is 2.12 bits per heavy atom. The SMILES string of the molecule is C=C.C=O.CC.CC(C)C.CC(C)N.CCC.CCCNCc1ncc(-c2ccc3c(c2)C(C)C(C/C(F)=C\C(=C/C/C(S)=C/NCC2CC2)c2cnc([C@@H]4CCCN4C(=O)CO)[nH]2)N3)[nH]1.CN.CO.CO. The van der Waals surface area contributed by atoms with Gasteiger partial charge in [0.1, 0.15) is 30.9 Å². The maximum absolute atomic E-state index is 16.0. The molecule has 2 unspecified atom stereocenters. The average Bonchev–Trinajstić information content (AvgIpc) is 3.75. The van der Waals surface area contributed by atoms with E-state index in [0.717, 1.165) is 91.6 Å². The maximum Gasteiger partial charge on any atom is 0.248 e. The number of nitrogens with zero attached hydrogens (tertiary/aromatic N) is 3. The number of likely N-dealkylation sites (tertiary alicyclic amines) is 1. The number of rotatable bonds is 16. The number of halogens is 1. The first-order chi connectivity index (χ1) is 34.7. The topological polar surface area (TPSA) is 244 Å². The van der Waals surface area contributed by atoms with E-state index >= 15 is 4.39 Å². The molecule has 1 aliphatic carbocycles. The van der Waals surface area contributed by atoms with Crippen LogP contribution < -0.4 is 27.4 Å². The number of H-pyrrole nitrogens is 2. The number of fused-ring (bicyclic) bond motifs is 1. The Hall–Kier alpha value is -4.62. The zero-order valence-electron chi connectivity index (χ0n) is 46.9. The molecule has 72 heavy (non-hydrogen) atoms. The van der Waals surface area contributed by atoms with E-state index < -0.39 is 6.61 Å². The Morgan fingerprint density at radius 2 is 1.58 bits per heavy atom. The number of nitrogens with one attached hydrogen (secondary N) is 5. The summed E-state index contributed by atoms with van der Waals surface area (Å²) in [6.45, 7) is 33.6. The molecule has 0 spiro atoms. The fourth-order valence-corrected chi connectivity index (χ4v) is 6.89. The Bertz CT molecular complexity index is 1850. The molecule has 3 aromatic rings. The van der Waals surface area contributed by atoms with Crippen molar-refractivity contribution < 1.29 is 29.3 Å². The lowest BCUT2D eigenvalue weighted by molar-refractivity contribution is -0.135. The molecular weight excluding hydrogens is 932 g/mol. The van der Waals surface area contributed by atoms with E-state index in [0.29, 0.717) is 42.6 Å². The van der Waals surface area contributed by atoms with Gasteiger partial charge < -0.3 is 62.4 Å². The van der Waals surface area contributed by atoms with E-state index in [1.807, 2.05) is 53.0 Å². The first-order valence-corrected chi connectivity index (χ1v) is 26.0. The van der Waals surface area contributed by atoms with Crippen molar-refractivity contribution >= 4 is 36.6 Å². The highest BCUT2D eigenvalue weighted by Crippen LogP contribution is 2.41. The smallest absolute Gasteiger partial charge is 0.248 e. The Labute approximate surface area is 440 Å². The van der Waals surface area contributed by atoms with Crippen molar-refractivity contribution in [3.05, 3.63) is 95.7 Å². The molecule has 1 saturated carbocycles. The van der Waals surface area contributed by atoms with Gasteiger partial charge in [-0.1, -0.05) is 94.7 Å². The van der Waals surface area contributed by atoms with E-state index in [9.17, 15) is 9.90 Å². The average molecular weight is 1030 g/mol. The van der Waals surface area contributed by atoms with Crippen molar-refractivity contribution in [1.29, 1.82) is 0 Å². The van der Waals surface area contributed by atoms with Crippen LogP contribution in [0.15, 0.2) is 72.8 Å². The number of aliphatic hydroxyl groups is 3. The van der Waals surface area contributed by atoms with Gasteiger partial charge in [-0.15, -0.1) is 25.8 Å². The van der Waals surface area contributed by atoms with Gasteiger partial charge in [-0.25, -0.2) is 14.4 Å². The van der Waals surface area contributed by atoms with Gasteiger partial charge in [0.05, 0.1) is 36.4 Å². The second-order valence-corrected chi connectivity index (χ2v) is 17.8. The van der Waals surface area contributed by atoms with Crippen LogP contribution in [0.3, 0.4) is 0 Å². The standard InChI is InChI=1S/C37H49FN8O2S.C4H10.C3H9N.C3H8.C2H6.C2H4.CH5N.2CH4O.CH2O/c1-3-12-39-21-35-41-19-32(44-35)26-9-11-30-29(15-26)23(2)31(43-30)16-27(38)14-25(8-10-28(49)18-40-17-24-6-7-24)33-20-42-37(45-33)34-5-4-13-46(34)36(48)22-47;1-4(2)3;1-3(2)4;1-3-2;6*1-2/h8-9,11,14-15,18-20,23-24,31,34,39-40,43,47,49H,3-7,10,12-13,16-17,21-22H2,1-2H3,(H,41,44)(H,42,45);4H,1-3H3;3H,4H2,1-2H3;3H2,1-2H3;1-2H3;1-2H2;2H2,1H3;2*2H,1H3;1H2/b25-8+,27-14+,28-18-;;;;;;;;;/t23?,31?,34-;;;;;;;;;/m0........./s1. The van der Waals surface area contributed by atoms with Crippen molar-refractivity contribution in [1.82, 2.24) is 35.5 Å². The van der Waals surface area contributed by atoms with Gasteiger partial charge in [0.25, 0.3) is 0 Å². The number of allylic oxidation sites excluding steroid dienone is 4. The van der Waals surface area contributed by atoms with E-state index in [-0.39, 0.29) is 36.2 Å². The first kappa shape index (κ1) is 73.9. The number of thiol groups is 1. The molecule has 4 heterocycles. The number of hydrogen-bond acceptors (Lipinski definition) is 13. The summed E-state index contributed by atoms with van der Waals surface area (Å²) in [5.41, 5.74) is 15.2. The number of carbonyl (C=O) groups excluding carboxylic acids is 2. The molecule has 1 amide bonds. The van der Waals surface area contributed by atoms with Gasteiger partial charge in [0, 0.05) is 62.5 Å². The fourth-order valence-electron chi connectivity index (χ4n) is 6.71. The van der Waals surface area contributed by atoms with Crippen LogP contribution >= 0.6 is 12.6 Å². The van der Waals surface area contributed by atoms with Crippen molar-refractivity contribution in [3.8, 4) is 11.3 Å². The lowest BCUT2D eigenvalue weighted by Crippen LogP contribution is -2.33. The van der Waals surface area contributed by atoms with Crippen molar-refractivity contribution in [2.24, 2.45) is 23.3 Å². The van der Waals surface area contributed by atoms with Gasteiger partial charge in [-0.2, -0.15) is 0 Å². The Morgan fingerprint density at radius 1 is 1.00 bits per heavy atom. The maximum atomic E-state index is 16.0. The number of nitrogens with two attached hydrogens (primary N) is 2. The summed E-state index contributed by atoms with van der Waals surface area (Å²) in [5.74, 6) is 2.66. The number of aromatic nitrogens is 4. The van der Waals surface area contributed by atoms with Crippen LogP contribution in [0.1, 0.15) is 162 Å². The molecule has 1 saturated heterocycles. The quantitative estimate of drug-likeness (QED) is 0.0278. The Balaban J connectivity index is -0.000000867. The molecule has 414 valence electrons. The summed E-state index contributed by atoms with van der Waals surface area (Å²) in [5, 5.41) is 33.7. The number of aromatic amines is 2. The molecule has 1 aromatic carbocycles. The van der Waals surface area contributed by atoms with Crippen molar-refractivity contribution in [3.63, 3.8) is 0 Å². The molecule has 12 N–H and O–H groups in total. The lowest BCUT2D eigenvalue weighted by atomic mass is 9.93. The van der Waals surface area contributed by atoms with Crippen LogP contribution in [0.5, 0.6) is 0 Å². The third-order valence-electron chi connectivity index (χ3n) is 9.71. The minimum absolute atomic E-state index is 0.0934. The molecule has 0 radical (unpaired) electrons. The molecule has 2 aliphatic heterocycles. The predicted molar refractivity (Wildman–Crippen MR) is 307 cm³/mol. The van der Waals surface area contributed by atoms with Crippen LogP contribution in [0.25, 0.3) is 16.8 Å². The van der Waals surface area contributed by atoms with Crippen LogP contribution in [0, 0.1) is 11.8 Å². The van der Waals surface area contributed by atoms with Crippen LogP contribution in [0.2, 0.25) is 0 Å². The lowest BCUT2D eigenvalue weighted by Gasteiger charge is -2.22. The fraction of sp³-hybridized carbons (Fsp3) is 0.600. The van der Waals surface area contributed by atoms with E-state index in [1.54, 1.807) is 17.2 Å². The summed E-state index contributed by atoms with van der Waals surface area (Å²) in [6.07, 6.45) is 16.2. The second-order valence-electron chi connectivity index (χ2n) is 17.2. The molecule has 15 nitrogen and oxygen atoms in total. The minimum atomic E-state index is -0.533. The summed E-state index contributed by atoms with van der Waals surface area (Å²) < 4.78 is 16.0. The van der Waals surface area contributed by atoms with Gasteiger partial charge >= 0.3 is 0 Å². The third kappa shape index (κ3) is 31.1. The highest BCUT2D eigenvalue weighted by molar-refractivity contribution is 7.84. The van der Waals surface area contributed by atoms with Gasteiger partial charge in [0.15, 0.2) is 0 Å². The number of carbonyl (C=O) groups is 2. The van der Waals surface area contributed by atoms with Crippen molar-refractivity contribution in [2.75, 3.05) is 52.8 Å². The van der Waals surface area contributed by atoms with Crippen molar-refractivity contribution in [2.45, 2.75) is 158 Å². The second kappa shape index (κ2) is 47.4. The third-order valence-corrected chi connectivity index (χ3v) is 10.0. The molecule has 6 rings (SSSR count). The number of anilines is 1. The van der Waals surface area contributed by atoms with E-state index in [2.05, 4.69) is 134 Å². The van der Waals surface area contributed by atoms with Gasteiger partial charge in [0.2, 0.25) is 5.91 Å². The van der Waals surface area contributed by atoms with Crippen LogP contribution in [0.4, 0.5) is 10.1 Å².